The van der Waals surface area contributed by atoms with E-state index in [1.807, 2.05) is 0 Å². The molecule has 48 heteroatoms. The number of benzene rings is 4. The minimum absolute atomic E-state index is 0.00253. The quantitative estimate of drug-likeness (QED) is 0.00969. The summed E-state index contributed by atoms with van der Waals surface area (Å²) in [4.78, 5) is 34.7. The Balaban J connectivity index is 0.000000154. The zero-order valence-corrected chi connectivity index (χ0v) is 81.2. The monoisotopic (exact) mass is 2100 g/mol. The number of ether oxygens (including phenoxy) is 4. The van der Waals surface area contributed by atoms with Crippen molar-refractivity contribution in [2.75, 3.05) is 96.8 Å². The molecule has 40 nitrogen and oxygen atoms in total. The normalized spacial score (nSPS) is 35.9. The molecule has 0 radical (unpaired) electrons. The Morgan fingerprint density at radius 2 is 0.618 bits per heavy atom. The number of hydrogen-bond acceptors (Lipinski definition) is 40. The van der Waals surface area contributed by atoms with Crippen LogP contribution in [0.4, 0.5) is 40.8 Å². The molecule has 24 atom stereocenters. The Bertz CT molecular complexity index is 8060. The highest BCUT2D eigenvalue weighted by atomic mass is 32.2. The highest BCUT2D eigenvalue weighted by molar-refractivity contribution is 7.99. The fraction of sp³-hybridized carbons (Fsp3) is 0.583. The molecule has 12 aromatic rings. The number of halogens is 4. The summed E-state index contributed by atoms with van der Waals surface area (Å²) in [5.41, 5.74) is -7.06. The first-order valence-electron chi connectivity index (χ1n) is 60.3. The lowest BCUT2D eigenvalue weighted by Crippen LogP contribution is -2.33. The van der Waals surface area contributed by atoms with Gasteiger partial charge in [-0.1, -0.05) is 144 Å². The summed E-state index contributed by atoms with van der Waals surface area (Å²) in [6.07, 6.45) is -24.5. The van der Waals surface area contributed by atoms with Crippen molar-refractivity contribution >= 4 is 115 Å². The van der Waals surface area contributed by atoms with E-state index in [1.54, 1.807) is 58.9 Å². The SMILES string of the molecule is [2H]C([2H])(C)C([2H])([2H])Sc1nc(N[C@]2([2H])C[C@@]2([2H])c2ccc(C)c(F)c2)c2nnn([C@@H]3C[C@H](OCCO)[C@@H](O)[C@H]3O)c2n1.[2H]C([2H])(CC)Sc1nc(N[C@]2([2H])C[C@@]2([2H])c2ccc(C)c(F)c2)c2nnn([C@@H]3C[C@H](OC([2H])([2H])C([2H])([2H])O)[C@@H](O)[C@H]3O)c2n1.[2H]C([2H])(CO)O[C@H]1C[C@@H](n2nnc3c(N[C@]4([2H])C[C@@]4([2H])c4ccc(C)c(F)c4)nc(SC([2H])([2H])C([2H])([2H])C)nc32)[C@H](O)[C@@H]1O.[2H]C([2H])(O)CO[C@H]1C[C@@H](n2nnc3c(N[C@]4([2H])C[C@@]4([2H])c4ccc(C)c(F)c4)nc(SC([2H])([2H])C([2H])([2H])C)nc32)[C@H](O)[C@@H]1O. The molecular formula is C96H124F4N24O16S4. The number of rotatable bonds is 40. The van der Waals surface area contributed by atoms with Gasteiger partial charge in [-0.25, -0.2) is 76.2 Å². The summed E-state index contributed by atoms with van der Waals surface area (Å²) in [5.74, 6) is -8.82. The molecule has 16 N–H and O–H groups in total. The van der Waals surface area contributed by atoms with Gasteiger partial charge in [0, 0.05) is 121 Å². The molecule has 8 aliphatic carbocycles. The van der Waals surface area contributed by atoms with Gasteiger partial charge in [0.2, 0.25) is 0 Å². The first-order valence-corrected chi connectivity index (χ1v) is 48.5. The second-order valence-corrected chi connectivity index (χ2v) is 37.4. The van der Waals surface area contributed by atoms with Crippen LogP contribution in [0.15, 0.2) is 93.4 Å². The average molecular weight is 2100 g/mol. The van der Waals surface area contributed by atoms with Gasteiger partial charge >= 0.3 is 0 Å². The number of aliphatic hydroxyl groups excluding tert-OH is 10. The Labute approximate surface area is 885 Å². The van der Waals surface area contributed by atoms with Crippen molar-refractivity contribution in [3.05, 3.63) is 141 Å². The van der Waals surface area contributed by atoms with Crippen LogP contribution in [0.1, 0.15) is 238 Å². The maximum absolute atomic E-state index is 14.3. The van der Waals surface area contributed by atoms with Crippen LogP contribution in [0.2, 0.25) is 0 Å². The topological polar surface area (TPSA) is 554 Å². The summed E-state index contributed by atoms with van der Waals surface area (Å²) in [5, 5.41) is 166. The van der Waals surface area contributed by atoms with Crippen molar-refractivity contribution in [2.45, 2.75) is 298 Å². The van der Waals surface area contributed by atoms with Crippen LogP contribution < -0.4 is 21.3 Å². The molecule has 776 valence electrons. The van der Waals surface area contributed by atoms with Gasteiger partial charge in [0.15, 0.2) is 88.6 Å². The maximum Gasteiger partial charge on any atom is 0.191 e. The first kappa shape index (κ1) is 73.6. The van der Waals surface area contributed by atoms with E-state index in [4.69, 9.17) is 65.2 Å². The van der Waals surface area contributed by atoms with E-state index in [-0.39, 0.29) is 182 Å². The molecule has 0 aliphatic heterocycles. The highest BCUT2D eigenvalue weighted by Crippen LogP contribution is 2.50. The number of aryl methyl sites for hydroxylation is 4. The van der Waals surface area contributed by atoms with Gasteiger partial charge in [-0.05, 0) is 148 Å². The van der Waals surface area contributed by atoms with E-state index < -0.39 is 250 Å². The average Bonchev–Trinajstić information content (AvgIpc) is 1.54. The molecule has 0 amide bonds. The van der Waals surface area contributed by atoms with Crippen LogP contribution in [0.5, 0.6) is 0 Å². The number of anilines is 4. The van der Waals surface area contributed by atoms with E-state index in [0.717, 1.165) is 34.8 Å². The van der Waals surface area contributed by atoms with Crippen molar-refractivity contribution in [3.63, 3.8) is 0 Å². The molecule has 4 aromatic carbocycles. The van der Waals surface area contributed by atoms with Crippen molar-refractivity contribution in [2.24, 2.45) is 0 Å². The number of fused-ring (bicyclic) bond motifs is 4. The van der Waals surface area contributed by atoms with Gasteiger partial charge in [-0.2, -0.15) is 0 Å². The number of thioether (sulfide) groups is 4. The van der Waals surface area contributed by atoms with E-state index in [1.165, 1.54) is 53.2 Å². The number of aliphatic hydroxyl groups is 12. The van der Waals surface area contributed by atoms with Gasteiger partial charge < -0.3 is 101 Å². The summed E-state index contributed by atoms with van der Waals surface area (Å²) in [7, 11) is 0. The molecule has 0 saturated heterocycles. The van der Waals surface area contributed by atoms with Crippen molar-refractivity contribution in [1.82, 2.24) is 99.8 Å². The zero-order chi connectivity index (χ0) is 129. The van der Waals surface area contributed by atoms with Crippen LogP contribution in [-0.4, -0.2) is 334 Å². The Morgan fingerprint density at radius 3 is 0.868 bits per heavy atom. The lowest BCUT2D eigenvalue weighted by Gasteiger charge is -2.17. The lowest BCUT2D eigenvalue weighted by molar-refractivity contribution is -0.0629. The third-order valence-electron chi connectivity index (χ3n) is 24.8. The van der Waals surface area contributed by atoms with Gasteiger partial charge in [0.05, 0.1) is 118 Å². The summed E-state index contributed by atoms with van der Waals surface area (Å²) in [6, 6.07) is 6.15. The van der Waals surface area contributed by atoms with Crippen LogP contribution in [0.3, 0.4) is 0 Å². The summed E-state index contributed by atoms with van der Waals surface area (Å²) < 4.78 is 327. The van der Waals surface area contributed by atoms with E-state index >= 15 is 0 Å². The largest absolute Gasteiger partial charge is 0.394 e. The molecule has 0 spiro atoms. The third kappa shape index (κ3) is 23.8. The number of hydrogen-bond donors (Lipinski definition) is 16. The molecule has 0 unspecified atom stereocenters. The summed E-state index contributed by atoms with van der Waals surface area (Å²) in [6.45, 7) is -2.84. The molecule has 144 heavy (non-hydrogen) atoms. The van der Waals surface area contributed by atoms with Crippen LogP contribution >= 0.6 is 47.0 Å². The fourth-order valence-corrected chi connectivity index (χ4v) is 18.8. The second-order valence-electron chi connectivity index (χ2n) is 34.2. The Kier molecular flexibility index (Phi) is 24.2. The van der Waals surface area contributed by atoms with Gasteiger partial charge in [-0.3, -0.25) is 0 Å². The molecule has 20 rings (SSSR count). The number of nitrogens with one attached hydrogen (secondary N) is 4. The standard InChI is InChI=1S/4C24H31FN6O4S/c4*1-3-8-36-24-27-22(26-16-10-14(16)13-5-4-12(2)15(25)9-13)19-23(28-24)31(30-29-19)17-11-18(35-7-6-32)21(34)20(17)33/h4*4-5,9,14,16-18,20-21,32-34H,3,6-8,10-11H2,1-2H3,(H,26,27,28)/t4*14-,16+,17+,18-,20-,21+/m0000/s1/i6D2,7D2,8D2,14D,16D;3D2,7D2,8D2,14D,16D;3D2,6D2,8D2,14D,16D;3D2,8D2,14D,16D. The fourth-order valence-electron chi connectivity index (χ4n) is 16.9. The predicted octanol–water partition coefficient (Wildman–Crippen LogP) is 8.73. The van der Waals surface area contributed by atoms with Crippen LogP contribution in [-0.2, 0) is 18.9 Å². The number of nitrogens with zero attached hydrogens (tertiary/aromatic N) is 20. The molecule has 8 aliphatic rings. The molecule has 0 bridgehead atoms. The van der Waals surface area contributed by atoms with E-state index in [2.05, 4.69) is 102 Å². The molecular weight excluding hydrogens is 1950 g/mol. The Morgan fingerprint density at radius 1 is 0.347 bits per heavy atom. The minimum Gasteiger partial charge on any atom is -0.394 e. The van der Waals surface area contributed by atoms with Crippen LogP contribution in [0.25, 0.3) is 44.7 Å². The van der Waals surface area contributed by atoms with Gasteiger partial charge in [-0.15, -0.1) is 20.4 Å². The molecule has 8 fully saturated rings. The first-order chi connectivity index (χ1) is 80.1. The maximum atomic E-state index is 14.3. The number of aromatic nitrogens is 20. The van der Waals surface area contributed by atoms with Gasteiger partial charge in [0.1, 0.15) is 72.1 Å². The third-order valence-corrected chi connectivity index (χ3v) is 27.6. The van der Waals surface area contributed by atoms with Crippen molar-refractivity contribution in [1.29, 1.82) is 0 Å². The van der Waals surface area contributed by atoms with E-state index in [0.29, 0.717) is 69.3 Å². The Hall–Kier alpha value is -9.52. The zero-order valence-electron chi connectivity index (χ0n) is 108. The predicted molar refractivity (Wildman–Crippen MR) is 530 cm³/mol. The second kappa shape index (κ2) is 47.3. The highest BCUT2D eigenvalue weighted by Gasteiger charge is 2.51. The molecule has 8 saturated carbocycles. The van der Waals surface area contributed by atoms with Crippen LogP contribution in [0, 0.1) is 51.0 Å². The minimum atomic E-state index is -3.42. The molecule has 8 aromatic heterocycles. The van der Waals surface area contributed by atoms with Crippen molar-refractivity contribution < 1.29 is 139 Å². The lowest BCUT2D eigenvalue weighted by atomic mass is 10.1. The van der Waals surface area contributed by atoms with E-state index in [9.17, 15) is 73.7 Å². The molecule has 8 heterocycles. The smallest absolute Gasteiger partial charge is 0.191 e. The van der Waals surface area contributed by atoms with Crippen molar-refractivity contribution in [3.8, 4) is 0 Å². The summed E-state index contributed by atoms with van der Waals surface area (Å²) >= 11 is 1.79. The van der Waals surface area contributed by atoms with Gasteiger partial charge in [0.25, 0.3) is 0 Å².